The van der Waals surface area contributed by atoms with Gasteiger partial charge in [0.1, 0.15) is 0 Å². The van der Waals surface area contributed by atoms with Gasteiger partial charge in [-0.05, 0) is 36.8 Å². The van der Waals surface area contributed by atoms with Crippen LogP contribution in [-0.4, -0.2) is 10.9 Å². The first-order chi connectivity index (χ1) is 7.75. The van der Waals surface area contributed by atoms with Gasteiger partial charge in [0.25, 0.3) is 5.91 Å². The molecular formula is C13H10N2O. The molecule has 0 atom stereocenters. The molecule has 1 aromatic carbocycles. The molecule has 1 heterocycles. The molecule has 0 spiro atoms. The Kier molecular flexibility index (Phi) is 2.96. The summed E-state index contributed by atoms with van der Waals surface area (Å²) in [6, 6.07) is 10.4. The number of aromatic nitrogens is 1. The van der Waals surface area contributed by atoms with Crippen molar-refractivity contribution in [2.45, 2.75) is 0 Å². The van der Waals surface area contributed by atoms with Crippen molar-refractivity contribution in [1.82, 2.24) is 4.98 Å². The topological polar surface area (TPSA) is 42.0 Å². The first-order valence-electron chi connectivity index (χ1n) is 4.82. The monoisotopic (exact) mass is 210 g/mol. The lowest BCUT2D eigenvalue weighted by molar-refractivity contribution is 0.102. The quantitative estimate of drug-likeness (QED) is 0.826. The predicted molar refractivity (Wildman–Crippen MR) is 62.0 cm³/mol. The van der Waals surface area contributed by atoms with Crippen molar-refractivity contribution in [2.75, 3.05) is 5.32 Å². The van der Waals surface area contributed by atoms with Crippen LogP contribution >= 0.6 is 0 Å². The molecule has 0 aliphatic rings. The Morgan fingerprint density at radius 3 is 2.62 bits per heavy atom. The number of benzene rings is 1. The van der Waals surface area contributed by atoms with Crippen molar-refractivity contribution in [3.63, 3.8) is 0 Å². The molecule has 2 aromatic rings. The van der Waals surface area contributed by atoms with E-state index in [0.717, 1.165) is 0 Å². The van der Waals surface area contributed by atoms with Gasteiger partial charge in [-0.15, -0.1) is 0 Å². The normalized spacial score (nSPS) is 9.81. The fourth-order valence-corrected chi connectivity index (χ4v) is 1.32. The number of hydrogen-bond donors (Lipinski definition) is 1. The summed E-state index contributed by atoms with van der Waals surface area (Å²) in [6.07, 6.45) is 3.16. The minimum atomic E-state index is -0.173. The number of carbonyl (C=O) groups excluding carboxylic acids is 1. The number of anilines is 1. The molecule has 0 aliphatic carbocycles. The summed E-state index contributed by atoms with van der Waals surface area (Å²) >= 11 is 0. The molecule has 0 unspecified atom stereocenters. The molecule has 0 bridgehead atoms. The molecule has 1 N–H and O–H groups in total. The van der Waals surface area contributed by atoms with Gasteiger partial charge >= 0.3 is 0 Å². The van der Waals surface area contributed by atoms with E-state index in [9.17, 15) is 4.79 Å². The van der Waals surface area contributed by atoms with Crippen LogP contribution < -0.4 is 5.32 Å². The highest BCUT2D eigenvalue weighted by Crippen LogP contribution is 2.11. The molecule has 3 nitrogen and oxygen atoms in total. The molecule has 2 rings (SSSR count). The second kappa shape index (κ2) is 4.57. The van der Waals surface area contributed by atoms with Gasteiger partial charge in [-0.3, -0.25) is 9.78 Å². The van der Waals surface area contributed by atoms with Crippen molar-refractivity contribution in [3.8, 4) is 0 Å². The van der Waals surface area contributed by atoms with Gasteiger partial charge < -0.3 is 5.32 Å². The van der Waals surface area contributed by atoms with E-state index in [0.29, 0.717) is 16.8 Å². The Balaban J connectivity index is 2.14. The number of hydrogen-bond acceptors (Lipinski definition) is 2. The van der Waals surface area contributed by atoms with Gasteiger partial charge in [0.05, 0.1) is 0 Å². The highest BCUT2D eigenvalue weighted by atomic mass is 16.1. The van der Waals surface area contributed by atoms with Crippen LogP contribution in [0.4, 0.5) is 5.69 Å². The van der Waals surface area contributed by atoms with Crippen LogP contribution in [0.3, 0.4) is 0 Å². The number of nitrogens with one attached hydrogen (secondary N) is 1. The molecule has 0 saturated carbocycles. The van der Waals surface area contributed by atoms with Crippen LogP contribution in [0.5, 0.6) is 0 Å². The third-order valence-corrected chi connectivity index (χ3v) is 2.09. The number of rotatable bonds is 2. The molecule has 0 fully saturated rings. The molecule has 2 radical (unpaired) electrons. The first kappa shape index (κ1) is 10.4. The zero-order valence-electron chi connectivity index (χ0n) is 8.55. The van der Waals surface area contributed by atoms with E-state index >= 15 is 0 Å². The van der Waals surface area contributed by atoms with Crippen LogP contribution in [0.1, 0.15) is 15.9 Å². The standard InChI is InChI=1S/C13H10N2O/c1-10-3-2-4-12(9-10)15-13(16)11-5-7-14-8-6-11/h1-9H,(H,15,16). The average Bonchev–Trinajstić information content (AvgIpc) is 2.30. The van der Waals surface area contributed by atoms with E-state index in [-0.39, 0.29) is 5.91 Å². The van der Waals surface area contributed by atoms with E-state index in [1.165, 1.54) is 0 Å². The van der Waals surface area contributed by atoms with Crippen molar-refractivity contribution in [3.05, 3.63) is 66.8 Å². The molecule has 1 amide bonds. The summed E-state index contributed by atoms with van der Waals surface area (Å²) in [5, 5.41) is 2.75. The minimum Gasteiger partial charge on any atom is -0.322 e. The van der Waals surface area contributed by atoms with E-state index in [4.69, 9.17) is 6.92 Å². The van der Waals surface area contributed by atoms with E-state index in [1.54, 1.807) is 48.8 Å². The number of pyridine rings is 1. The lowest BCUT2D eigenvalue weighted by Crippen LogP contribution is -2.11. The van der Waals surface area contributed by atoms with Crippen molar-refractivity contribution >= 4 is 11.6 Å². The zero-order chi connectivity index (χ0) is 11.4. The summed E-state index contributed by atoms with van der Waals surface area (Å²) in [5.41, 5.74) is 1.87. The molecule has 3 heteroatoms. The second-order valence-electron chi connectivity index (χ2n) is 3.32. The second-order valence-corrected chi connectivity index (χ2v) is 3.32. The van der Waals surface area contributed by atoms with Crippen LogP contribution in [0.15, 0.2) is 48.8 Å². The van der Waals surface area contributed by atoms with Gasteiger partial charge in [-0.25, -0.2) is 0 Å². The van der Waals surface area contributed by atoms with Crippen molar-refractivity contribution in [2.24, 2.45) is 0 Å². The summed E-state index contributed by atoms with van der Waals surface area (Å²) in [5.74, 6) is -0.173. The third kappa shape index (κ3) is 2.45. The molecule has 1 aromatic heterocycles. The molecule has 16 heavy (non-hydrogen) atoms. The highest BCUT2D eigenvalue weighted by molar-refractivity contribution is 6.04. The fraction of sp³-hybridized carbons (Fsp3) is 0. The van der Waals surface area contributed by atoms with E-state index in [1.807, 2.05) is 0 Å². The maximum atomic E-state index is 11.7. The van der Waals surface area contributed by atoms with Crippen LogP contribution in [0, 0.1) is 6.92 Å². The van der Waals surface area contributed by atoms with E-state index in [2.05, 4.69) is 10.3 Å². The highest BCUT2D eigenvalue weighted by Gasteiger charge is 2.04. The molecular weight excluding hydrogens is 200 g/mol. The minimum absolute atomic E-state index is 0.173. The molecule has 0 saturated heterocycles. The Bertz CT molecular complexity index is 494. The zero-order valence-corrected chi connectivity index (χ0v) is 8.55. The SMILES string of the molecule is [CH]c1cccc(NC(=O)c2ccncc2)c1. The summed E-state index contributed by atoms with van der Waals surface area (Å²) in [7, 11) is 0. The molecule has 0 aliphatic heterocycles. The molecule has 78 valence electrons. The van der Waals surface area contributed by atoms with Gasteiger partial charge in [-0.2, -0.15) is 0 Å². The Morgan fingerprint density at radius 1 is 1.19 bits per heavy atom. The summed E-state index contributed by atoms with van der Waals surface area (Å²) in [6.45, 7) is 5.61. The maximum Gasteiger partial charge on any atom is 0.255 e. The Labute approximate surface area is 94.1 Å². The maximum absolute atomic E-state index is 11.7. The van der Waals surface area contributed by atoms with Gasteiger partial charge in [0.15, 0.2) is 0 Å². The summed E-state index contributed by atoms with van der Waals surface area (Å²) in [4.78, 5) is 15.6. The lowest BCUT2D eigenvalue weighted by atomic mass is 10.2. The number of amides is 1. The summed E-state index contributed by atoms with van der Waals surface area (Å²) < 4.78 is 0. The van der Waals surface area contributed by atoms with Crippen molar-refractivity contribution in [1.29, 1.82) is 0 Å². The van der Waals surface area contributed by atoms with Crippen LogP contribution in [0.2, 0.25) is 0 Å². The first-order valence-corrected chi connectivity index (χ1v) is 4.82. The largest absolute Gasteiger partial charge is 0.322 e. The van der Waals surface area contributed by atoms with Crippen LogP contribution in [-0.2, 0) is 0 Å². The van der Waals surface area contributed by atoms with Crippen molar-refractivity contribution < 1.29 is 4.79 Å². The van der Waals surface area contributed by atoms with Gasteiger partial charge in [0.2, 0.25) is 0 Å². The third-order valence-electron chi connectivity index (χ3n) is 2.09. The lowest BCUT2D eigenvalue weighted by Gasteiger charge is -2.05. The van der Waals surface area contributed by atoms with E-state index < -0.39 is 0 Å². The van der Waals surface area contributed by atoms with Gasteiger partial charge in [0, 0.05) is 23.6 Å². The smallest absolute Gasteiger partial charge is 0.255 e. The van der Waals surface area contributed by atoms with Crippen LogP contribution in [0.25, 0.3) is 0 Å². The Morgan fingerprint density at radius 2 is 1.94 bits per heavy atom. The number of carbonyl (C=O) groups is 1. The predicted octanol–water partition coefficient (Wildman–Crippen LogP) is 2.39. The Hall–Kier alpha value is -2.16. The average molecular weight is 210 g/mol. The fourth-order valence-electron chi connectivity index (χ4n) is 1.32. The van der Waals surface area contributed by atoms with Gasteiger partial charge in [-0.1, -0.05) is 12.1 Å². The number of nitrogens with zero attached hydrogens (tertiary/aromatic N) is 1.